The Morgan fingerprint density at radius 1 is 1.06 bits per heavy atom. The van der Waals surface area contributed by atoms with Gasteiger partial charge in [-0.1, -0.05) is 65.6 Å². The van der Waals surface area contributed by atoms with E-state index in [9.17, 15) is 4.79 Å². The van der Waals surface area contributed by atoms with Crippen molar-refractivity contribution < 1.29 is 4.79 Å². The summed E-state index contributed by atoms with van der Waals surface area (Å²) in [5.74, 6) is 1.56. The van der Waals surface area contributed by atoms with Gasteiger partial charge in [0.15, 0.2) is 5.13 Å². The molecular formula is C28H28N4OS2. The number of likely N-dealkylation sites (tertiary alicyclic amines) is 1. The average molecular weight is 501 g/mol. The number of rotatable bonds is 7. The molecule has 5 nitrogen and oxygen atoms in total. The van der Waals surface area contributed by atoms with E-state index in [2.05, 4.69) is 51.7 Å². The number of piperidine rings is 1. The lowest BCUT2D eigenvalue weighted by Crippen LogP contribution is -2.39. The first kappa shape index (κ1) is 23.6. The fourth-order valence-electron chi connectivity index (χ4n) is 4.38. The summed E-state index contributed by atoms with van der Waals surface area (Å²) < 4.78 is 1.06. The van der Waals surface area contributed by atoms with E-state index in [1.54, 1.807) is 29.3 Å². The molecule has 2 aromatic heterocycles. The number of nitrogens with zero attached hydrogens (tertiary/aromatic N) is 3. The minimum atomic E-state index is 0.143. The second-order valence-electron chi connectivity index (χ2n) is 8.83. The number of thiazole rings is 1. The maximum absolute atomic E-state index is 13.4. The highest BCUT2D eigenvalue weighted by molar-refractivity contribution is 8.01. The molecule has 1 fully saturated rings. The van der Waals surface area contributed by atoms with Crippen LogP contribution >= 0.6 is 23.1 Å². The summed E-state index contributed by atoms with van der Waals surface area (Å²) in [6.07, 6.45) is 6.82. The van der Waals surface area contributed by atoms with Gasteiger partial charge < -0.3 is 10.2 Å². The summed E-state index contributed by atoms with van der Waals surface area (Å²) >= 11 is 3.21. The van der Waals surface area contributed by atoms with Crippen molar-refractivity contribution in [3.63, 3.8) is 0 Å². The SMILES string of the molecule is Cc1ccc(Sc2cnc(Nc3ccccn3)s2)cc1C(=O)N1CCC(Cc2ccccc2)CC1. The Morgan fingerprint density at radius 2 is 1.86 bits per heavy atom. The molecule has 0 radical (unpaired) electrons. The highest BCUT2D eigenvalue weighted by Gasteiger charge is 2.25. The number of pyridine rings is 1. The van der Waals surface area contributed by atoms with Crippen molar-refractivity contribution in [1.29, 1.82) is 0 Å². The molecule has 1 N–H and O–H groups in total. The standard InChI is InChI=1S/C28H28N4OS2/c1-20-10-11-23(34-26-19-30-28(35-26)31-25-9-5-6-14-29-25)18-24(20)27(33)32-15-12-22(13-16-32)17-21-7-3-2-4-8-21/h2-11,14,18-19,22H,12-13,15-17H2,1H3,(H,29,30,31). The maximum atomic E-state index is 13.4. The van der Waals surface area contributed by atoms with Gasteiger partial charge in [0.25, 0.3) is 5.91 Å². The summed E-state index contributed by atoms with van der Waals surface area (Å²) in [4.78, 5) is 25.2. The van der Waals surface area contributed by atoms with Crippen molar-refractivity contribution in [1.82, 2.24) is 14.9 Å². The van der Waals surface area contributed by atoms with Crippen molar-refractivity contribution in [2.45, 2.75) is 35.3 Å². The first-order valence-corrected chi connectivity index (χ1v) is 13.5. The van der Waals surface area contributed by atoms with Gasteiger partial charge in [-0.15, -0.1) is 0 Å². The van der Waals surface area contributed by atoms with Crippen LogP contribution in [0.5, 0.6) is 0 Å². The van der Waals surface area contributed by atoms with Crippen LogP contribution in [0.4, 0.5) is 10.9 Å². The fourth-order valence-corrected chi connectivity index (χ4v) is 6.28. The van der Waals surface area contributed by atoms with Gasteiger partial charge in [0.05, 0.1) is 10.4 Å². The summed E-state index contributed by atoms with van der Waals surface area (Å²) in [7, 11) is 0. The quantitative estimate of drug-likeness (QED) is 0.301. The second kappa shape index (κ2) is 11.1. The van der Waals surface area contributed by atoms with Crippen LogP contribution in [0.1, 0.15) is 34.3 Å². The smallest absolute Gasteiger partial charge is 0.254 e. The number of anilines is 2. The van der Waals surface area contributed by atoms with E-state index < -0.39 is 0 Å². The molecule has 0 saturated carbocycles. The lowest BCUT2D eigenvalue weighted by molar-refractivity contribution is 0.0689. The fraction of sp³-hybridized carbons (Fsp3) is 0.250. The Balaban J connectivity index is 1.20. The summed E-state index contributed by atoms with van der Waals surface area (Å²) in [5, 5.41) is 4.03. The molecule has 2 aromatic carbocycles. The largest absolute Gasteiger partial charge is 0.339 e. The summed E-state index contributed by atoms with van der Waals surface area (Å²) in [6.45, 7) is 3.67. The molecule has 3 heterocycles. The molecular weight excluding hydrogens is 472 g/mol. The molecule has 4 aromatic rings. The van der Waals surface area contributed by atoms with Crippen molar-refractivity contribution in [2.24, 2.45) is 5.92 Å². The Hall–Kier alpha value is -3.16. The van der Waals surface area contributed by atoms with Crippen LogP contribution < -0.4 is 5.32 Å². The van der Waals surface area contributed by atoms with Crippen LogP contribution in [-0.4, -0.2) is 33.9 Å². The first-order valence-electron chi connectivity index (χ1n) is 11.9. The summed E-state index contributed by atoms with van der Waals surface area (Å²) in [5.41, 5.74) is 3.21. The minimum absolute atomic E-state index is 0.143. The predicted molar refractivity (Wildman–Crippen MR) is 144 cm³/mol. The van der Waals surface area contributed by atoms with Crippen LogP contribution in [-0.2, 0) is 6.42 Å². The third-order valence-electron chi connectivity index (χ3n) is 6.31. The molecule has 0 aliphatic carbocycles. The predicted octanol–water partition coefficient (Wildman–Crippen LogP) is 6.84. The lowest BCUT2D eigenvalue weighted by atomic mass is 9.90. The van der Waals surface area contributed by atoms with Crippen molar-refractivity contribution in [3.05, 3.63) is 95.8 Å². The molecule has 1 aliphatic heterocycles. The first-order chi connectivity index (χ1) is 17.1. The van der Waals surface area contributed by atoms with E-state index >= 15 is 0 Å². The van der Waals surface area contributed by atoms with E-state index in [0.29, 0.717) is 5.92 Å². The van der Waals surface area contributed by atoms with E-state index in [-0.39, 0.29) is 5.91 Å². The van der Waals surface area contributed by atoms with Gasteiger partial charge >= 0.3 is 0 Å². The molecule has 1 saturated heterocycles. The topological polar surface area (TPSA) is 58.1 Å². The Labute approximate surface area is 214 Å². The van der Waals surface area contributed by atoms with Gasteiger partial charge in [0.2, 0.25) is 0 Å². The van der Waals surface area contributed by atoms with Crippen LogP contribution in [0.25, 0.3) is 0 Å². The van der Waals surface area contributed by atoms with Gasteiger partial charge in [-0.05, 0) is 67.5 Å². The average Bonchev–Trinajstić information content (AvgIpc) is 3.33. The van der Waals surface area contributed by atoms with Crippen LogP contribution in [0.2, 0.25) is 0 Å². The van der Waals surface area contributed by atoms with Crippen molar-refractivity contribution >= 4 is 40.0 Å². The zero-order valence-electron chi connectivity index (χ0n) is 19.7. The maximum Gasteiger partial charge on any atom is 0.254 e. The number of carbonyl (C=O) groups is 1. The molecule has 7 heteroatoms. The minimum Gasteiger partial charge on any atom is -0.339 e. The number of aryl methyl sites for hydroxylation is 1. The third-order valence-corrected chi connectivity index (χ3v) is 8.31. The zero-order valence-corrected chi connectivity index (χ0v) is 21.3. The number of hydrogen-bond donors (Lipinski definition) is 1. The molecule has 0 unspecified atom stereocenters. The van der Waals surface area contributed by atoms with Crippen molar-refractivity contribution in [3.8, 4) is 0 Å². The van der Waals surface area contributed by atoms with Crippen LogP contribution in [0.3, 0.4) is 0 Å². The number of carbonyl (C=O) groups excluding carboxylic acids is 1. The Morgan fingerprint density at radius 3 is 2.63 bits per heavy atom. The molecule has 1 amide bonds. The summed E-state index contributed by atoms with van der Waals surface area (Å²) in [6, 6.07) is 22.6. The molecule has 178 valence electrons. The second-order valence-corrected chi connectivity index (χ2v) is 11.2. The number of nitrogens with one attached hydrogen (secondary N) is 1. The van der Waals surface area contributed by atoms with Gasteiger partial charge in [-0.2, -0.15) is 0 Å². The molecule has 35 heavy (non-hydrogen) atoms. The third kappa shape index (κ3) is 6.10. The molecule has 0 atom stereocenters. The number of aromatic nitrogens is 2. The lowest BCUT2D eigenvalue weighted by Gasteiger charge is -2.32. The monoisotopic (exact) mass is 500 g/mol. The van der Waals surface area contributed by atoms with E-state index in [4.69, 9.17) is 0 Å². The Bertz CT molecular complexity index is 1270. The Kier molecular flexibility index (Phi) is 7.45. The highest BCUT2D eigenvalue weighted by Crippen LogP contribution is 2.36. The van der Waals surface area contributed by atoms with Gasteiger partial charge in [-0.3, -0.25) is 4.79 Å². The zero-order chi connectivity index (χ0) is 24.0. The molecule has 0 bridgehead atoms. The van der Waals surface area contributed by atoms with Crippen LogP contribution in [0, 0.1) is 12.8 Å². The molecule has 5 rings (SSSR count). The van der Waals surface area contributed by atoms with Gasteiger partial charge in [-0.25, -0.2) is 9.97 Å². The molecule has 1 aliphatic rings. The van der Waals surface area contributed by atoms with Crippen LogP contribution in [0.15, 0.2) is 88.2 Å². The number of hydrogen-bond acceptors (Lipinski definition) is 6. The highest BCUT2D eigenvalue weighted by atomic mass is 32.2. The van der Waals surface area contributed by atoms with E-state index in [1.165, 1.54) is 5.56 Å². The van der Waals surface area contributed by atoms with Gasteiger partial charge in [0.1, 0.15) is 5.82 Å². The number of amides is 1. The number of benzene rings is 2. The van der Waals surface area contributed by atoms with Crippen molar-refractivity contribution in [2.75, 3.05) is 18.4 Å². The van der Waals surface area contributed by atoms with Gasteiger partial charge in [0, 0.05) is 29.7 Å². The molecule has 0 spiro atoms. The normalized spacial score (nSPS) is 14.1. The van der Waals surface area contributed by atoms with E-state index in [1.807, 2.05) is 48.4 Å². The van der Waals surface area contributed by atoms with E-state index in [0.717, 1.165) is 63.5 Å².